The first-order valence-electron chi connectivity index (χ1n) is 7.43. The maximum atomic E-state index is 12.2. The summed E-state index contributed by atoms with van der Waals surface area (Å²) in [6, 6.07) is 11.1. The molecule has 7 nitrogen and oxygen atoms in total. The highest BCUT2D eigenvalue weighted by molar-refractivity contribution is 8.00. The van der Waals surface area contributed by atoms with Crippen LogP contribution in [0.4, 0.5) is 17.3 Å². The lowest BCUT2D eigenvalue weighted by molar-refractivity contribution is -0.113. The molecule has 0 saturated carbocycles. The van der Waals surface area contributed by atoms with E-state index in [1.54, 1.807) is 11.8 Å². The Morgan fingerprint density at radius 1 is 1.32 bits per heavy atom. The van der Waals surface area contributed by atoms with Crippen LogP contribution in [0.25, 0.3) is 0 Å². The molecule has 0 radical (unpaired) electrons. The average Bonchev–Trinajstić information content (AvgIpc) is 2.54. The van der Waals surface area contributed by atoms with Gasteiger partial charge in [0.25, 0.3) is 0 Å². The molecular formula is C16H18N6OS2. The summed E-state index contributed by atoms with van der Waals surface area (Å²) in [7, 11) is 0. The zero-order valence-electron chi connectivity index (χ0n) is 13.6. The number of nitrogens with zero attached hydrogens (tertiary/aromatic N) is 3. The van der Waals surface area contributed by atoms with Crippen molar-refractivity contribution in [3.05, 3.63) is 30.3 Å². The summed E-state index contributed by atoms with van der Waals surface area (Å²) in [5.74, 6) is 0.484. The second kappa shape index (κ2) is 9.15. The lowest BCUT2D eigenvalue weighted by Crippen LogP contribution is -2.15. The number of nitrogens with one attached hydrogen (secondary N) is 1. The summed E-state index contributed by atoms with van der Waals surface area (Å²) in [5, 5.41) is 12.2. The van der Waals surface area contributed by atoms with E-state index in [-0.39, 0.29) is 28.5 Å². The van der Waals surface area contributed by atoms with Gasteiger partial charge < -0.3 is 16.8 Å². The van der Waals surface area contributed by atoms with E-state index in [0.29, 0.717) is 11.6 Å². The first-order valence-corrected chi connectivity index (χ1v) is 9.29. The summed E-state index contributed by atoms with van der Waals surface area (Å²) in [6.45, 7) is 1.98. The highest BCUT2D eigenvalue weighted by atomic mass is 32.2. The van der Waals surface area contributed by atoms with Crippen LogP contribution in [0.5, 0.6) is 0 Å². The molecule has 1 aromatic carbocycles. The Kier molecular flexibility index (Phi) is 6.91. The topological polar surface area (TPSA) is 131 Å². The number of aromatic nitrogens is 2. The van der Waals surface area contributed by atoms with Gasteiger partial charge in [-0.25, -0.2) is 9.97 Å². The summed E-state index contributed by atoms with van der Waals surface area (Å²) in [5.41, 5.74) is 11.9. The van der Waals surface area contributed by atoms with Crippen LogP contribution < -0.4 is 16.8 Å². The first kappa shape index (κ1) is 18.9. The van der Waals surface area contributed by atoms with Crippen LogP contribution in [0.15, 0.2) is 40.4 Å². The second-order valence-electron chi connectivity index (χ2n) is 5.12. The molecule has 0 bridgehead atoms. The van der Waals surface area contributed by atoms with Crippen molar-refractivity contribution < 1.29 is 4.79 Å². The molecule has 1 unspecified atom stereocenters. The highest BCUT2D eigenvalue weighted by Crippen LogP contribution is 2.31. The van der Waals surface area contributed by atoms with Gasteiger partial charge in [0, 0.05) is 22.6 Å². The van der Waals surface area contributed by atoms with Crippen molar-refractivity contribution in [2.75, 3.05) is 22.5 Å². The highest BCUT2D eigenvalue weighted by Gasteiger charge is 2.12. The van der Waals surface area contributed by atoms with E-state index in [1.807, 2.05) is 31.2 Å². The number of amides is 1. The number of hydrogen-bond acceptors (Lipinski definition) is 8. The number of anilines is 3. The van der Waals surface area contributed by atoms with Crippen LogP contribution in [-0.2, 0) is 4.79 Å². The van der Waals surface area contributed by atoms with Crippen molar-refractivity contribution >= 4 is 46.8 Å². The standard InChI is InChI=1S/C16H18N6OS2/c1-10(6-7-17)25-12-5-3-2-4-11(12)20-15(23)9-24-16-21-13(18)8-14(19)22-16/h2-5,8,10H,6,9H2,1H3,(H,20,23)(H4,18,19,21,22). The Balaban J connectivity index is 1.97. The predicted molar refractivity (Wildman–Crippen MR) is 102 cm³/mol. The monoisotopic (exact) mass is 374 g/mol. The minimum atomic E-state index is -0.185. The van der Waals surface area contributed by atoms with E-state index >= 15 is 0 Å². The fraction of sp³-hybridized carbons (Fsp3) is 0.250. The third-order valence-electron chi connectivity index (χ3n) is 2.95. The van der Waals surface area contributed by atoms with E-state index in [4.69, 9.17) is 16.7 Å². The molecule has 130 valence electrons. The minimum Gasteiger partial charge on any atom is -0.383 e. The van der Waals surface area contributed by atoms with Gasteiger partial charge in [0.05, 0.1) is 17.5 Å². The molecular weight excluding hydrogens is 356 g/mol. The quantitative estimate of drug-likeness (QED) is 0.498. The Hall–Kier alpha value is -2.44. The van der Waals surface area contributed by atoms with Gasteiger partial charge in [0.1, 0.15) is 11.6 Å². The summed E-state index contributed by atoms with van der Waals surface area (Å²) >= 11 is 2.71. The van der Waals surface area contributed by atoms with Crippen molar-refractivity contribution in [1.82, 2.24) is 9.97 Å². The SMILES string of the molecule is CC(CC#N)Sc1ccccc1NC(=O)CSc1nc(N)cc(N)n1. The molecule has 1 amide bonds. The molecule has 0 aliphatic carbocycles. The van der Waals surface area contributed by atoms with Crippen LogP contribution in [0.1, 0.15) is 13.3 Å². The molecule has 25 heavy (non-hydrogen) atoms. The summed E-state index contributed by atoms with van der Waals surface area (Å²) < 4.78 is 0. The number of para-hydroxylation sites is 1. The lowest BCUT2D eigenvalue weighted by Gasteiger charge is -2.13. The van der Waals surface area contributed by atoms with Crippen LogP contribution in [0.2, 0.25) is 0 Å². The molecule has 1 aromatic heterocycles. The number of rotatable bonds is 7. The van der Waals surface area contributed by atoms with Crippen LogP contribution in [-0.4, -0.2) is 26.9 Å². The number of carbonyl (C=O) groups excluding carboxylic acids is 1. The molecule has 2 rings (SSSR count). The third kappa shape index (κ3) is 6.17. The number of nitrogens with two attached hydrogens (primary N) is 2. The van der Waals surface area contributed by atoms with Crippen molar-refractivity contribution in [3.63, 3.8) is 0 Å². The average molecular weight is 374 g/mol. The van der Waals surface area contributed by atoms with Crippen molar-refractivity contribution in [1.29, 1.82) is 5.26 Å². The fourth-order valence-corrected chi connectivity index (χ4v) is 3.57. The maximum Gasteiger partial charge on any atom is 0.234 e. The van der Waals surface area contributed by atoms with Gasteiger partial charge in [-0.05, 0) is 12.1 Å². The molecule has 0 saturated heterocycles. The van der Waals surface area contributed by atoms with Gasteiger partial charge in [0.15, 0.2) is 5.16 Å². The van der Waals surface area contributed by atoms with Gasteiger partial charge in [-0.15, -0.1) is 11.8 Å². The molecule has 2 aromatic rings. The van der Waals surface area contributed by atoms with E-state index in [2.05, 4.69) is 21.4 Å². The number of nitrogen functional groups attached to an aromatic ring is 2. The second-order valence-corrected chi connectivity index (χ2v) is 7.55. The predicted octanol–water partition coefficient (Wildman–Crippen LogP) is 2.77. The Morgan fingerprint density at radius 2 is 2.00 bits per heavy atom. The third-order valence-corrected chi connectivity index (χ3v) is 4.97. The number of thioether (sulfide) groups is 2. The molecule has 1 atom stereocenters. The minimum absolute atomic E-state index is 0.135. The van der Waals surface area contributed by atoms with Gasteiger partial charge in [-0.2, -0.15) is 5.26 Å². The zero-order valence-corrected chi connectivity index (χ0v) is 15.2. The number of carbonyl (C=O) groups is 1. The van der Waals surface area contributed by atoms with Gasteiger partial charge >= 0.3 is 0 Å². The number of nitriles is 1. The summed E-state index contributed by atoms with van der Waals surface area (Å²) in [6.07, 6.45) is 0.441. The van der Waals surface area contributed by atoms with Gasteiger partial charge in [-0.3, -0.25) is 4.79 Å². The smallest absolute Gasteiger partial charge is 0.234 e. The molecule has 5 N–H and O–H groups in total. The molecule has 9 heteroatoms. The van der Waals surface area contributed by atoms with Crippen molar-refractivity contribution in [2.45, 2.75) is 28.6 Å². The van der Waals surface area contributed by atoms with Gasteiger partial charge in [-0.1, -0.05) is 30.8 Å². The van der Waals surface area contributed by atoms with Crippen LogP contribution in [0.3, 0.4) is 0 Å². The van der Waals surface area contributed by atoms with Crippen LogP contribution >= 0.6 is 23.5 Å². The van der Waals surface area contributed by atoms with E-state index in [9.17, 15) is 4.79 Å². The molecule has 0 aliphatic rings. The van der Waals surface area contributed by atoms with Crippen LogP contribution in [0, 0.1) is 11.3 Å². The molecule has 0 fully saturated rings. The maximum absolute atomic E-state index is 12.2. The Bertz CT molecular complexity index is 772. The Morgan fingerprint density at radius 3 is 2.68 bits per heavy atom. The van der Waals surface area contributed by atoms with Gasteiger partial charge in [0.2, 0.25) is 5.91 Å². The zero-order chi connectivity index (χ0) is 18.2. The number of hydrogen-bond donors (Lipinski definition) is 3. The van der Waals surface area contributed by atoms with E-state index < -0.39 is 0 Å². The van der Waals surface area contributed by atoms with E-state index in [1.165, 1.54) is 6.07 Å². The normalized spacial score (nSPS) is 11.5. The summed E-state index contributed by atoms with van der Waals surface area (Å²) in [4.78, 5) is 21.2. The first-order chi connectivity index (χ1) is 12.0. The molecule has 0 aliphatic heterocycles. The number of benzene rings is 1. The van der Waals surface area contributed by atoms with E-state index in [0.717, 1.165) is 22.3 Å². The fourth-order valence-electron chi connectivity index (χ4n) is 1.90. The van der Waals surface area contributed by atoms with Crippen molar-refractivity contribution in [2.24, 2.45) is 0 Å². The largest absolute Gasteiger partial charge is 0.383 e. The lowest BCUT2D eigenvalue weighted by atomic mass is 10.3. The Labute approximate surface area is 154 Å². The molecule has 1 heterocycles. The molecule has 0 spiro atoms. The van der Waals surface area contributed by atoms with Crippen molar-refractivity contribution in [3.8, 4) is 6.07 Å².